The third-order valence-corrected chi connectivity index (χ3v) is 6.30. The van der Waals surface area contributed by atoms with Gasteiger partial charge in [-0.1, -0.05) is 29.8 Å². The molecule has 0 atom stereocenters. The van der Waals surface area contributed by atoms with Gasteiger partial charge in [0.1, 0.15) is 6.54 Å². The first-order valence-corrected chi connectivity index (χ1v) is 10.6. The number of benzene rings is 1. The minimum absolute atomic E-state index is 0.233. The van der Waals surface area contributed by atoms with Crippen LogP contribution in [0.1, 0.15) is 15.4 Å². The third kappa shape index (κ3) is 4.23. The molecule has 1 aromatic carbocycles. The molecule has 10 heteroatoms. The maximum Gasteiger partial charge on any atom is 0.357 e. The summed E-state index contributed by atoms with van der Waals surface area (Å²) in [6, 6.07) is 10.3. The van der Waals surface area contributed by atoms with Crippen LogP contribution in [-0.4, -0.2) is 62.7 Å². The van der Waals surface area contributed by atoms with Gasteiger partial charge in [-0.05, 0) is 18.2 Å². The highest BCUT2D eigenvalue weighted by atomic mass is 35.5. The fraction of sp³-hybridized carbons (Fsp3) is 0.300. The quantitative estimate of drug-likeness (QED) is 0.645. The number of carbonyl (C=O) groups is 2. The SMILES string of the molecule is O=C(O)c1nn(CC(=O)N2CCN(Cc3ccc(Cl)s3)CC2)c(=O)c2ccccc12. The van der Waals surface area contributed by atoms with Crippen molar-refractivity contribution < 1.29 is 14.7 Å². The number of carboxylic acid groups (broad SMARTS) is 1. The van der Waals surface area contributed by atoms with Crippen LogP contribution in [0.5, 0.6) is 0 Å². The highest BCUT2D eigenvalue weighted by Gasteiger charge is 2.23. The number of thiophene rings is 1. The lowest BCUT2D eigenvalue weighted by molar-refractivity contribution is -0.133. The second-order valence-corrected chi connectivity index (χ2v) is 8.82. The van der Waals surface area contributed by atoms with Crippen molar-refractivity contribution >= 4 is 45.6 Å². The molecule has 0 saturated carbocycles. The Morgan fingerprint density at radius 1 is 1.07 bits per heavy atom. The molecule has 1 fully saturated rings. The van der Waals surface area contributed by atoms with Gasteiger partial charge in [-0.25, -0.2) is 9.48 Å². The molecule has 2 aromatic heterocycles. The van der Waals surface area contributed by atoms with Gasteiger partial charge in [0.15, 0.2) is 5.69 Å². The first kappa shape index (κ1) is 20.5. The molecule has 1 saturated heterocycles. The Morgan fingerprint density at radius 3 is 2.40 bits per heavy atom. The Kier molecular flexibility index (Phi) is 5.85. The third-order valence-electron chi connectivity index (χ3n) is 5.09. The predicted molar refractivity (Wildman–Crippen MR) is 114 cm³/mol. The van der Waals surface area contributed by atoms with E-state index in [-0.39, 0.29) is 28.9 Å². The number of hydrogen-bond acceptors (Lipinski definition) is 6. The van der Waals surface area contributed by atoms with Gasteiger partial charge in [0, 0.05) is 43.0 Å². The molecular formula is C20H19ClN4O4S. The molecule has 1 aliphatic heterocycles. The highest BCUT2D eigenvalue weighted by molar-refractivity contribution is 7.16. The fourth-order valence-corrected chi connectivity index (χ4v) is 4.67. The monoisotopic (exact) mass is 446 g/mol. The molecular weight excluding hydrogens is 428 g/mol. The van der Waals surface area contributed by atoms with Crippen molar-refractivity contribution in [2.75, 3.05) is 26.2 Å². The molecule has 8 nitrogen and oxygen atoms in total. The van der Waals surface area contributed by atoms with Crippen LogP contribution in [-0.2, 0) is 17.9 Å². The van der Waals surface area contributed by atoms with Crippen molar-refractivity contribution in [3.8, 4) is 0 Å². The van der Waals surface area contributed by atoms with Gasteiger partial charge in [0.25, 0.3) is 5.56 Å². The predicted octanol–water partition coefficient (Wildman–Crippen LogP) is 2.15. The van der Waals surface area contributed by atoms with Gasteiger partial charge in [-0.15, -0.1) is 11.3 Å². The van der Waals surface area contributed by atoms with Gasteiger partial charge in [0.2, 0.25) is 5.91 Å². The summed E-state index contributed by atoms with van der Waals surface area (Å²) in [6.07, 6.45) is 0. The summed E-state index contributed by atoms with van der Waals surface area (Å²) in [7, 11) is 0. The van der Waals surface area contributed by atoms with E-state index in [4.69, 9.17) is 11.6 Å². The van der Waals surface area contributed by atoms with E-state index in [1.165, 1.54) is 4.88 Å². The minimum atomic E-state index is -1.24. The molecule has 3 aromatic rings. The zero-order chi connectivity index (χ0) is 21.3. The number of carbonyl (C=O) groups excluding carboxylic acids is 1. The summed E-state index contributed by atoms with van der Waals surface area (Å²) in [5.74, 6) is -1.50. The molecule has 0 bridgehead atoms. The maximum absolute atomic E-state index is 12.8. The van der Waals surface area contributed by atoms with Gasteiger partial charge in [-0.2, -0.15) is 5.10 Å². The van der Waals surface area contributed by atoms with E-state index in [0.717, 1.165) is 15.6 Å². The number of nitrogens with zero attached hydrogens (tertiary/aromatic N) is 4. The molecule has 0 aliphatic carbocycles. The summed E-state index contributed by atoms with van der Waals surface area (Å²) in [5, 5.41) is 13.9. The Hall–Kier alpha value is -2.75. The van der Waals surface area contributed by atoms with Crippen LogP contribution in [0.3, 0.4) is 0 Å². The molecule has 1 amide bonds. The Labute approximate surface area is 180 Å². The Balaban J connectivity index is 1.45. The topological polar surface area (TPSA) is 95.7 Å². The summed E-state index contributed by atoms with van der Waals surface area (Å²) in [6.45, 7) is 2.99. The number of rotatable bonds is 5. The molecule has 0 unspecified atom stereocenters. The summed E-state index contributed by atoms with van der Waals surface area (Å²) >= 11 is 7.52. The van der Waals surface area contributed by atoms with E-state index in [1.54, 1.807) is 40.5 Å². The van der Waals surface area contributed by atoms with Crippen LogP contribution in [0.25, 0.3) is 10.8 Å². The van der Waals surface area contributed by atoms with E-state index in [1.807, 2.05) is 12.1 Å². The second-order valence-electron chi connectivity index (χ2n) is 7.02. The Bertz CT molecular complexity index is 1170. The van der Waals surface area contributed by atoms with Crippen LogP contribution < -0.4 is 5.56 Å². The molecule has 3 heterocycles. The van der Waals surface area contributed by atoms with Crippen molar-refractivity contribution in [1.82, 2.24) is 19.6 Å². The minimum Gasteiger partial charge on any atom is -0.476 e. The Morgan fingerprint density at radius 2 is 1.77 bits per heavy atom. The van der Waals surface area contributed by atoms with Gasteiger partial charge >= 0.3 is 5.97 Å². The zero-order valence-electron chi connectivity index (χ0n) is 16.0. The van der Waals surface area contributed by atoms with Crippen molar-refractivity contribution in [3.05, 3.63) is 61.7 Å². The molecule has 0 spiro atoms. The number of carboxylic acids is 1. The summed E-state index contributed by atoms with van der Waals surface area (Å²) < 4.78 is 1.71. The first-order valence-electron chi connectivity index (χ1n) is 9.40. The van der Waals surface area contributed by atoms with Gasteiger partial charge < -0.3 is 10.0 Å². The van der Waals surface area contributed by atoms with Gasteiger partial charge in [-0.3, -0.25) is 14.5 Å². The van der Waals surface area contributed by atoms with Crippen LogP contribution in [0, 0.1) is 0 Å². The summed E-state index contributed by atoms with van der Waals surface area (Å²) in [4.78, 5) is 42.1. The normalized spacial score (nSPS) is 14.9. The van der Waals surface area contributed by atoms with Crippen molar-refractivity contribution in [3.63, 3.8) is 0 Å². The van der Waals surface area contributed by atoms with Crippen molar-refractivity contribution in [2.45, 2.75) is 13.1 Å². The average molecular weight is 447 g/mol. The zero-order valence-corrected chi connectivity index (χ0v) is 17.5. The van der Waals surface area contributed by atoms with E-state index >= 15 is 0 Å². The number of piperazine rings is 1. The standard InChI is InChI=1S/C20H19ClN4O4S/c21-16-6-5-13(30-16)11-23-7-9-24(10-8-23)17(26)12-25-19(27)15-4-2-1-3-14(15)18(22-25)20(28)29/h1-6H,7-12H2,(H,28,29). The lowest BCUT2D eigenvalue weighted by Gasteiger charge is -2.34. The molecule has 0 radical (unpaired) electrons. The molecule has 156 valence electrons. The number of amides is 1. The number of aromatic carboxylic acids is 1. The smallest absolute Gasteiger partial charge is 0.357 e. The van der Waals surface area contributed by atoms with Gasteiger partial charge in [0.05, 0.1) is 9.72 Å². The number of halogens is 1. The number of hydrogen-bond donors (Lipinski definition) is 1. The van der Waals surface area contributed by atoms with E-state index in [2.05, 4.69) is 10.00 Å². The van der Waals surface area contributed by atoms with E-state index in [0.29, 0.717) is 26.2 Å². The van der Waals surface area contributed by atoms with E-state index < -0.39 is 11.5 Å². The first-order chi connectivity index (χ1) is 14.4. The lowest BCUT2D eigenvalue weighted by Crippen LogP contribution is -2.49. The molecule has 1 N–H and O–H groups in total. The number of fused-ring (bicyclic) bond motifs is 1. The van der Waals surface area contributed by atoms with Crippen molar-refractivity contribution in [1.29, 1.82) is 0 Å². The van der Waals surface area contributed by atoms with E-state index in [9.17, 15) is 19.5 Å². The fourth-order valence-electron chi connectivity index (χ4n) is 3.54. The average Bonchev–Trinajstić information content (AvgIpc) is 3.15. The van der Waals surface area contributed by atoms with Crippen molar-refractivity contribution in [2.24, 2.45) is 0 Å². The van der Waals surface area contributed by atoms with Crippen LogP contribution in [0.15, 0.2) is 41.2 Å². The molecule has 1 aliphatic rings. The lowest BCUT2D eigenvalue weighted by atomic mass is 10.1. The maximum atomic E-state index is 12.8. The number of aromatic nitrogens is 2. The second kappa shape index (κ2) is 8.55. The largest absolute Gasteiger partial charge is 0.476 e. The highest BCUT2D eigenvalue weighted by Crippen LogP contribution is 2.23. The van der Waals surface area contributed by atoms with Crippen LogP contribution in [0.2, 0.25) is 4.34 Å². The summed E-state index contributed by atoms with van der Waals surface area (Å²) in [5.41, 5.74) is -0.713. The molecule has 4 rings (SSSR count). The van der Waals surface area contributed by atoms with Crippen LogP contribution in [0.4, 0.5) is 0 Å². The van der Waals surface area contributed by atoms with Crippen LogP contribution >= 0.6 is 22.9 Å². The molecule has 30 heavy (non-hydrogen) atoms.